The van der Waals surface area contributed by atoms with Crippen LogP contribution in [-0.4, -0.2) is 74.7 Å². The number of carbonyl (C=O) groups is 1. The summed E-state index contributed by atoms with van der Waals surface area (Å²) < 4.78 is 0. The Balaban J connectivity index is 1.60. The summed E-state index contributed by atoms with van der Waals surface area (Å²) >= 11 is 0. The molecule has 24 heavy (non-hydrogen) atoms. The zero-order chi connectivity index (χ0) is 16.9. The van der Waals surface area contributed by atoms with E-state index in [4.69, 9.17) is 0 Å². The first-order valence-electron chi connectivity index (χ1n) is 8.98. The Kier molecular flexibility index (Phi) is 5.58. The predicted molar refractivity (Wildman–Crippen MR) is 98.8 cm³/mol. The van der Waals surface area contributed by atoms with Gasteiger partial charge in [-0.05, 0) is 38.7 Å². The van der Waals surface area contributed by atoms with E-state index < -0.39 is 0 Å². The highest BCUT2D eigenvalue weighted by molar-refractivity contribution is 5.93. The number of carbonyl (C=O) groups excluding carboxylic acids is 1. The van der Waals surface area contributed by atoms with E-state index in [9.17, 15) is 4.79 Å². The number of para-hydroxylation sites is 2. The number of nitrogens with one attached hydrogen (secondary N) is 2. The molecule has 0 saturated carbocycles. The molecule has 0 aromatic heterocycles. The second-order valence-corrected chi connectivity index (χ2v) is 6.78. The van der Waals surface area contributed by atoms with Crippen LogP contribution in [0.4, 0.5) is 16.2 Å². The van der Waals surface area contributed by atoms with Crippen LogP contribution in [0.1, 0.15) is 13.3 Å². The minimum Gasteiger partial charge on any atom is -0.367 e. The maximum absolute atomic E-state index is 12.3. The van der Waals surface area contributed by atoms with Crippen molar-refractivity contribution in [3.63, 3.8) is 0 Å². The molecule has 6 heteroatoms. The maximum atomic E-state index is 12.3. The summed E-state index contributed by atoms with van der Waals surface area (Å²) in [6, 6.07) is 8.24. The lowest BCUT2D eigenvalue weighted by Gasteiger charge is -2.36. The molecule has 2 heterocycles. The summed E-state index contributed by atoms with van der Waals surface area (Å²) in [5.74, 6) is 0. The summed E-state index contributed by atoms with van der Waals surface area (Å²) in [7, 11) is 2.09. The molecule has 0 bridgehead atoms. The van der Waals surface area contributed by atoms with Crippen LogP contribution in [0, 0.1) is 0 Å². The Morgan fingerprint density at radius 2 is 1.92 bits per heavy atom. The fraction of sp³-hybridized carbons (Fsp3) is 0.611. The topological polar surface area (TPSA) is 50.9 Å². The van der Waals surface area contributed by atoms with Gasteiger partial charge in [0.1, 0.15) is 0 Å². The zero-order valence-electron chi connectivity index (χ0n) is 14.8. The minimum atomic E-state index is -0.102. The number of piperazine rings is 1. The van der Waals surface area contributed by atoms with Gasteiger partial charge in [-0.3, -0.25) is 0 Å². The fourth-order valence-electron chi connectivity index (χ4n) is 3.56. The third kappa shape index (κ3) is 4.19. The van der Waals surface area contributed by atoms with Crippen LogP contribution in [0.3, 0.4) is 0 Å². The molecule has 2 fully saturated rings. The molecule has 1 atom stereocenters. The zero-order valence-corrected chi connectivity index (χ0v) is 14.8. The van der Waals surface area contributed by atoms with Crippen LogP contribution >= 0.6 is 0 Å². The van der Waals surface area contributed by atoms with E-state index in [-0.39, 0.29) is 12.1 Å². The monoisotopic (exact) mass is 331 g/mol. The first kappa shape index (κ1) is 17.0. The van der Waals surface area contributed by atoms with Crippen LogP contribution in [0.15, 0.2) is 24.3 Å². The van der Waals surface area contributed by atoms with Gasteiger partial charge < -0.3 is 25.3 Å². The van der Waals surface area contributed by atoms with Gasteiger partial charge in [-0.25, -0.2) is 4.79 Å². The normalized spacial score (nSPS) is 22.6. The summed E-state index contributed by atoms with van der Waals surface area (Å²) in [6.45, 7) is 9.43. The Labute approximate surface area is 144 Å². The molecule has 0 aliphatic carbocycles. The number of benzene rings is 1. The number of amides is 2. The molecular weight excluding hydrogens is 302 g/mol. The van der Waals surface area contributed by atoms with Gasteiger partial charge in [-0.15, -0.1) is 0 Å². The second kappa shape index (κ2) is 7.85. The smallest absolute Gasteiger partial charge is 0.319 e. The molecule has 0 unspecified atom stereocenters. The highest BCUT2D eigenvalue weighted by Crippen LogP contribution is 2.26. The molecular formula is C18H29N5O. The van der Waals surface area contributed by atoms with Crippen molar-refractivity contribution in [2.45, 2.75) is 19.4 Å². The van der Waals surface area contributed by atoms with Crippen molar-refractivity contribution in [1.29, 1.82) is 0 Å². The number of likely N-dealkylation sites (tertiary alicyclic amines) is 1. The molecule has 2 aliphatic heterocycles. The predicted octanol–water partition coefficient (Wildman–Crippen LogP) is 1.65. The summed E-state index contributed by atoms with van der Waals surface area (Å²) in [6.07, 6.45) is 1.02. The lowest BCUT2D eigenvalue weighted by Crippen LogP contribution is -2.46. The Morgan fingerprint density at radius 3 is 2.58 bits per heavy atom. The van der Waals surface area contributed by atoms with Gasteiger partial charge >= 0.3 is 6.03 Å². The third-order valence-electron chi connectivity index (χ3n) is 5.04. The van der Waals surface area contributed by atoms with Crippen molar-refractivity contribution in [2.75, 3.05) is 63.1 Å². The number of nitrogens with zero attached hydrogens (tertiary/aromatic N) is 3. The molecule has 132 valence electrons. The van der Waals surface area contributed by atoms with Crippen molar-refractivity contribution < 1.29 is 4.79 Å². The largest absolute Gasteiger partial charge is 0.367 e. The number of urea groups is 1. The van der Waals surface area contributed by atoms with Crippen molar-refractivity contribution >= 4 is 17.4 Å². The lowest BCUT2D eigenvalue weighted by atomic mass is 10.2. The van der Waals surface area contributed by atoms with E-state index in [1.165, 1.54) is 0 Å². The van der Waals surface area contributed by atoms with Crippen molar-refractivity contribution in [3.05, 3.63) is 24.3 Å². The molecule has 1 aromatic rings. The van der Waals surface area contributed by atoms with E-state index >= 15 is 0 Å². The quantitative estimate of drug-likeness (QED) is 0.881. The van der Waals surface area contributed by atoms with Crippen LogP contribution in [0.2, 0.25) is 0 Å². The van der Waals surface area contributed by atoms with E-state index in [1.54, 1.807) is 0 Å². The highest BCUT2D eigenvalue weighted by atomic mass is 16.2. The van der Waals surface area contributed by atoms with E-state index in [0.29, 0.717) is 0 Å². The Morgan fingerprint density at radius 1 is 1.17 bits per heavy atom. The van der Waals surface area contributed by atoms with Gasteiger partial charge in [0.05, 0.1) is 11.4 Å². The van der Waals surface area contributed by atoms with Crippen LogP contribution < -0.4 is 15.5 Å². The van der Waals surface area contributed by atoms with Crippen molar-refractivity contribution in [2.24, 2.45) is 0 Å². The van der Waals surface area contributed by atoms with Gasteiger partial charge in [0.15, 0.2) is 0 Å². The van der Waals surface area contributed by atoms with Crippen LogP contribution in [0.5, 0.6) is 0 Å². The minimum absolute atomic E-state index is 0.102. The third-order valence-corrected chi connectivity index (χ3v) is 5.04. The molecule has 0 spiro atoms. The molecule has 2 aliphatic rings. The van der Waals surface area contributed by atoms with Gasteiger partial charge in [-0.1, -0.05) is 19.1 Å². The first-order valence-corrected chi connectivity index (χ1v) is 8.98. The molecule has 2 N–H and O–H groups in total. The summed E-state index contributed by atoms with van der Waals surface area (Å²) in [5.41, 5.74) is 2.01. The molecule has 0 radical (unpaired) electrons. The number of likely N-dealkylation sites (N-methyl/N-ethyl adjacent to an activating group) is 2. The Hall–Kier alpha value is -1.79. The fourth-order valence-corrected chi connectivity index (χ4v) is 3.56. The second-order valence-electron chi connectivity index (χ2n) is 6.78. The maximum Gasteiger partial charge on any atom is 0.319 e. The summed E-state index contributed by atoms with van der Waals surface area (Å²) in [5, 5.41) is 6.14. The Bertz CT molecular complexity index is 556. The number of hydrogen-bond donors (Lipinski definition) is 2. The van der Waals surface area contributed by atoms with Gasteiger partial charge in [0.25, 0.3) is 0 Å². The molecule has 3 rings (SSSR count). The summed E-state index contributed by atoms with van der Waals surface area (Å²) in [4.78, 5) is 19.4. The van der Waals surface area contributed by atoms with E-state index in [2.05, 4.69) is 45.4 Å². The number of anilines is 2. The van der Waals surface area contributed by atoms with Crippen molar-refractivity contribution in [1.82, 2.24) is 15.1 Å². The number of rotatable bonds is 4. The molecule has 6 nitrogen and oxygen atoms in total. The van der Waals surface area contributed by atoms with Gasteiger partial charge in [-0.2, -0.15) is 0 Å². The molecule has 2 saturated heterocycles. The van der Waals surface area contributed by atoms with Gasteiger partial charge in [0.2, 0.25) is 0 Å². The van der Waals surface area contributed by atoms with Crippen LogP contribution in [0.25, 0.3) is 0 Å². The molecule has 1 aromatic carbocycles. The standard InChI is InChI=1S/C18H29N5O/c1-3-22-10-12-23(13-11-22)17-7-5-4-6-16(17)20-18(24)19-15-8-9-21(2)14-15/h4-7,15H,3,8-14H2,1-2H3,(H2,19,20,24)/t15-/m1/s1. The lowest BCUT2D eigenvalue weighted by molar-refractivity contribution is 0.248. The first-order chi connectivity index (χ1) is 11.7. The van der Waals surface area contributed by atoms with Gasteiger partial charge in [0, 0.05) is 38.8 Å². The SMILES string of the molecule is CCN1CCN(c2ccccc2NC(=O)N[C@@H]2CCN(C)C2)CC1. The molecule has 2 amide bonds. The average Bonchev–Trinajstić information content (AvgIpc) is 3.00. The van der Waals surface area contributed by atoms with E-state index in [1.807, 2.05) is 18.2 Å². The van der Waals surface area contributed by atoms with Crippen LogP contribution in [-0.2, 0) is 0 Å². The average molecular weight is 331 g/mol. The highest BCUT2D eigenvalue weighted by Gasteiger charge is 2.22. The van der Waals surface area contributed by atoms with Crippen molar-refractivity contribution in [3.8, 4) is 0 Å². The van der Waals surface area contributed by atoms with E-state index in [0.717, 1.165) is 63.6 Å². The number of hydrogen-bond acceptors (Lipinski definition) is 4.